The third-order valence-electron chi connectivity index (χ3n) is 4.47. The number of carbonyl (C=O) groups excluding carboxylic acids is 1. The van der Waals surface area contributed by atoms with Gasteiger partial charge in [-0.1, -0.05) is 23.7 Å². The molecule has 1 aliphatic rings. The molecule has 1 fully saturated rings. The largest absolute Gasteiger partial charge is 0.347 e. The molecule has 1 amide bonds. The number of halogens is 2. The minimum absolute atomic E-state index is 0. The van der Waals surface area contributed by atoms with Crippen LogP contribution in [0.2, 0.25) is 5.02 Å². The fourth-order valence-electron chi connectivity index (χ4n) is 3.13. The molecular formula is C18H20Cl2N4OS. The lowest BCUT2D eigenvalue weighted by Gasteiger charge is -2.09. The number of rotatable bonds is 4. The summed E-state index contributed by atoms with van der Waals surface area (Å²) in [4.78, 5) is 14.3. The monoisotopic (exact) mass is 410 g/mol. The number of nitrogens with zero attached hydrogens (tertiary/aromatic N) is 2. The van der Waals surface area contributed by atoms with Crippen LogP contribution < -0.4 is 10.6 Å². The Balaban J connectivity index is 0.00000196. The summed E-state index contributed by atoms with van der Waals surface area (Å²) >= 11 is 7.45. The minimum atomic E-state index is 0. The van der Waals surface area contributed by atoms with Gasteiger partial charge in [0.25, 0.3) is 5.91 Å². The van der Waals surface area contributed by atoms with Crippen molar-refractivity contribution in [2.45, 2.75) is 25.9 Å². The summed E-state index contributed by atoms with van der Waals surface area (Å²) in [5.74, 6) is 0.00680. The fourth-order valence-corrected chi connectivity index (χ4v) is 4.32. The van der Waals surface area contributed by atoms with Crippen LogP contribution in [0.15, 0.2) is 30.3 Å². The Morgan fingerprint density at radius 2 is 2.19 bits per heavy atom. The quantitative estimate of drug-likeness (QED) is 0.690. The van der Waals surface area contributed by atoms with Crippen LogP contribution in [0.25, 0.3) is 10.2 Å². The number of carbonyl (C=O) groups is 1. The zero-order chi connectivity index (χ0) is 17.4. The second-order valence-corrected chi connectivity index (χ2v) is 7.83. The third-order valence-corrected chi connectivity index (χ3v) is 5.87. The van der Waals surface area contributed by atoms with Crippen molar-refractivity contribution in [3.8, 4) is 0 Å². The Kier molecular flexibility index (Phi) is 5.87. The Morgan fingerprint density at radius 1 is 1.42 bits per heavy atom. The van der Waals surface area contributed by atoms with Crippen molar-refractivity contribution in [3.63, 3.8) is 0 Å². The first-order valence-electron chi connectivity index (χ1n) is 8.33. The molecule has 1 aromatic carbocycles. The molecule has 5 nitrogen and oxygen atoms in total. The molecule has 26 heavy (non-hydrogen) atoms. The van der Waals surface area contributed by atoms with Gasteiger partial charge in [-0.2, -0.15) is 5.10 Å². The molecule has 0 aliphatic carbocycles. The molecule has 0 radical (unpaired) electrons. The molecule has 2 aromatic heterocycles. The highest BCUT2D eigenvalue weighted by Crippen LogP contribution is 2.29. The molecule has 138 valence electrons. The van der Waals surface area contributed by atoms with E-state index >= 15 is 0 Å². The average molecular weight is 411 g/mol. The summed E-state index contributed by atoms with van der Waals surface area (Å²) < 4.78 is 1.96. The number of hydrogen-bond acceptors (Lipinski definition) is 4. The Bertz CT molecular complexity index is 913. The molecular weight excluding hydrogens is 391 g/mol. The summed E-state index contributed by atoms with van der Waals surface area (Å²) in [6, 6.07) is 9.95. The van der Waals surface area contributed by atoms with Crippen molar-refractivity contribution >= 4 is 51.5 Å². The lowest BCUT2D eigenvalue weighted by atomic mass is 10.2. The summed E-state index contributed by atoms with van der Waals surface area (Å²) in [5, 5.41) is 12.8. The summed E-state index contributed by atoms with van der Waals surface area (Å²) in [6.07, 6.45) is 0.986. The maximum absolute atomic E-state index is 12.5. The van der Waals surface area contributed by atoms with Crippen LogP contribution >= 0.6 is 35.3 Å². The van der Waals surface area contributed by atoms with Crippen molar-refractivity contribution in [2.24, 2.45) is 0 Å². The van der Waals surface area contributed by atoms with Gasteiger partial charge in [0.1, 0.15) is 4.83 Å². The van der Waals surface area contributed by atoms with Crippen molar-refractivity contribution in [1.29, 1.82) is 0 Å². The van der Waals surface area contributed by atoms with Gasteiger partial charge in [-0.3, -0.25) is 9.48 Å². The zero-order valence-electron chi connectivity index (χ0n) is 14.3. The van der Waals surface area contributed by atoms with E-state index in [1.165, 1.54) is 11.3 Å². The molecule has 0 spiro atoms. The van der Waals surface area contributed by atoms with Gasteiger partial charge in [-0.15, -0.1) is 23.7 Å². The number of aromatic nitrogens is 2. The van der Waals surface area contributed by atoms with Crippen LogP contribution in [0, 0.1) is 6.92 Å². The molecule has 4 rings (SSSR count). The predicted molar refractivity (Wildman–Crippen MR) is 109 cm³/mol. The first-order chi connectivity index (χ1) is 12.1. The van der Waals surface area contributed by atoms with E-state index in [1.807, 2.05) is 41.9 Å². The predicted octanol–water partition coefficient (Wildman–Crippen LogP) is 3.62. The molecule has 0 saturated carbocycles. The maximum atomic E-state index is 12.5. The molecule has 1 atom stereocenters. The van der Waals surface area contributed by atoms with Crippen LogP contribution in [-0.2, 0) is 6.54 Å². The van der Waals surface area contributed by atoms with E-state index in [2.05, 4.69) is 15.7 Å². The second-order valence-electron chi connectivity index (χ2n) is 6.36. The van der Waals surface area contributed by atoms with Gasteiger partial charge in [0, 0.05) is 23.0 Å². The van der Waals surface area contributed by atoms with Crippen molar-refractivity contribution in [2.75, 3.05) is 13.1 Å². The number of fused-ring (bicyclic) bond motifs is 1. The van der Waals surface area contributed by atoms with Gasteiger partial charge in [0.05, 0.1) is 17.1 Å². The molecule has 8 heteroatoms. The van der Waals surface area contributed by atoms with E-state index in [9.17, 15) is 4.79 Å². The highest BCUT2D eigenvalue weighted by molar-refractivity contribution is 7.20. The third kappa shape index (κ3) is 3.88. The van der Waals surface area contributed by atoms with Crippen LogP contribution in [0.3, 0.4) is 0 Å². The van der Waals surface area contributed by atoms with Crippen molar-refractivity contribution in [3.05, 3.63) is 51.5 Å². The molecule has 0 bridgehead atoms. The van der Waals surface area contributed by atoms with Gasteiger partial charge in [-0.25, -0.2) is 0 Å². The van der Waals surface area contributed by atoms with E-state index < -0.39 is 0 Å². The number of amides is 1. The molecule has 1 aliphatic heterocycles. The molecule has 3 heterocycles. The summed E-state index contributed by atoms with van der Waals surface area (Å²) in [5.41, 5.74) is 2.08. The summed E-state index contributed by atoms with van der Waals surface area (Å²) in [6.45, 7) is 4.46. The average Bonchev–Trinajstić information content (AvgIpc) is 3.29. The van der Waals surface area contributed by atoms with Crippen LogP contribution in [0.5, 0.6) is 0 Å². The van der Waals surface area contributed by atoms with Crippen LogP contribution in [0.4, 0.5) is 0 Å². The highest BCUT2D eigenvalue weighted by atomic mass is 35.5. The first-order valence-corrected chi connectivity index (χ1v) is 9.52. The standard InChI is InChI=1S/C18H19ClN4OS.ClH/c1-11-15-8-16(17(24)21-14-6-7-20-9-14)25-18(15)23(22-11)10-12-2-4-13(19)5-3-12;/h2-5,8,14,20H,6-7,9-10H2,1H3,(H,21,24);1H. The molecule has 2 N–H and O–H groups in total. The normalized spacial score (nSPS) is 16.6. The Morgan fingerprint density at radius 3 is 2.88 bits per heavy atom. The lowest BCUT2D eigenvalue weighted by Crippen LogP contribution is -2.35. The van der Waals surface area contributed by atoms with E-state index in [4.69, 9.17) is 11.6 Å². The van der Waals surface area contributed by atoms with Crippen LogP contribution in [0.1, 0.15) is 27.3 Å². The first kappa shape index (κ1) is 19.2. The fraction of sp³-hybridized carbons (Fsp3) is 0.333. The van der Waals surface area contributed by atoms with Gasteiger partial charge >= 0.3 is 0 Å². The van der Waals surface area contributed by atoms with Gasteiger partial charge < -0.3 is 10.6 Å². The summed E-state index contributed by atoms with van der Waals surface area (Å²) in [7, 11) is 0. The van der Waals surface area contributed by atoms with Crippen molar-refractivity contribution in [1.82, 2.24) is 20.4 Å². The van der Waals surface area contributed by atoms with Crippen molar-refractivity contribution < 1.29 is 4.79 Å². The van der Waals surface area contributed by atoms with E-state index in [1.54, 1.807) is 0 Å². The van der Waals surface area contributed by atoms with Gasteiger partial charge in [0.15, 0.2) is 0 Å². The van der Waals surface area contributed by atoms with E-state index in [0.29, 0.717) is 6.54 Å². The number of hydrogen-bond donors (Lipinski definition) is 2. The number of benzene rings is 1. The molecule has 3 aromatic rings. The Hall–Kier alpha value is -1.60. The smallest absolute Gasteiger partial charge is 0.261 e. The number of aryl methyl sites for hydroxylation is 1. The number of thiophene rings is 1. The SMILES string of the molecule is Cc1nn(Cc2ccc(Cl)cc2)c2sc(C(=O)NC3CCNC3)cc12.Cl. The van der Waals surface area contributed by atoms with Gasteiger partial charge in [-0.05, 0) is 43.7 Å². The van der Waals surface area contributed by atoms with E-state index in [0.717, 1.165) is 50.9 Å². The zero-order valence-corrected chi connectivity index (χ0v) is 16.7. The molecule has 1 saturated heterocycles. The maximum Gasteiger partial charge on any atom is 0.261 e. The number of nitrogens with one attached hydrogen (secondary N) is 2. The topological polar surface area (TPSA) is 59.0 Å². The highest BCUT2D eigenvalue weighted by Gasteiger charge is 2.21. The van der Waals surface area contributed by atoms with Gasteiger partial charge in [0.2, 0.25) is 0 Å². The van der Waals surface area contributed by atoms with E-state index in [-0.39, 0.29) is 24.4 Å². The molecule has 1 unspecified atom stereocenters. The Labute approximate surface area is 167 Å². The van der Waals surface area contributed by atoms with Crippen LogP contribution in [-0.4, -0.2) is 34.8 Å². The lowest BCUT2D eigenvalue weighted by molar-refractivity contribution is 0.0944. The second kappa shape index (κ2) is 7.96. The minimum Gasteiger partial charge on any atom is -0.347 e.